The molecule has 3 aliphatic rings. The summed E-state index contributed by atoms with van der Waals surface area (Å²) in [5.74, 6) is 0. The van der Waals surface area contributed by atoms with E-state index in [4.69, 9.17) is 4.74 Å². The van der Waals surface area contributed by atoms with E-state index in [0.29, 0.717) is 0 Å². The lowest BCUT2D eigenvalue weighted by atomic mass is 9.85. The lowest BCUT2D eigenvalue weighted by molar-refractivity contribution is 0.274. The molecular weight excluding hydrogens is 148 g/mol. The zero-order chi connectivity index (χ0) is 8.07. The van der Waals surface area contributed by atoms with E-state index in [1.807, 2.05) is 0 Å². The summed E-state index contributed by atoms with van der Waals surface area (Å²) in [5.41, 5.74) is 0.274. The molecule has 3 rings (SSSR count). The van der Waals surface area contributed by atoms with E-state index < -0.39 is 0 Å². The van der Waals surface area contributed by atoms with Crippen LogP contribution in [0.4, 0.5) is 0 Å². The second-order valence-corrected chi connectivity index (χ2v) is 4.16. The van der Waals surface area contributed by atoms with Gasteiger partial charge in [0.05, 0.1) is 0 Å². The van der Waals surface area contributed by atoms with Gasteiger partial charge in [0, 0.05) is 0 Å². The van der Waals surface area contributed by atoms with Gasteiger partial charge in [0.25, 0.3) is 0 Å². The maximum atomic E-state index is 5.92. The van der Waals surface area contributed by atoms with Crippen molar-refractivity contribution in [2.24, 2.45) is 0 Å². The lowest BCUT2D eigenvalue weighted by Crippen LogP contribution is -2.22. The summed E-state index contributed by atoms with van der Waals surface area (Å²) in [6.07, 6.45) is 15.3. The first-order valence-corrected chi connectivity index (χ1v) is 4.94. The molecule has 0 aromatic carbocycles. The molecule has 0 bridgehead atoms. The molecule has 12 heavy (non-hydrogen) atoms. The van der Waals surface area contributed by atoms with Crippen molar-refractivity contribution in [3.63, 3.8) is 0 Å². The summed E-state index contributed by atoms with van der Waals surface area (Å²) >= 11 is 0. The van der Waals surface area contributed by atoms with Crippen LogP contribution in [0.5, 0.6) is 0 Å². The number of hydrogen-bond acceptors (Lipinski definition) is 1. The van der Waals surface area contributed by atoms with Gasteiger partial charge < -0.3 is 4.74 Å². The first-order chi connectivity index (χ1) is 5.87. The Morgan fingerprint density at radius 3 is 2.00 bits per heavy atom. The highest BCUT2D eigenvalue weighted by Crippen LogP contribution is 2.59. The zero-order valence-corrected chi connectivity index (χ0v) is 7.25. The standard InChI is InChI=1S/C11H14O/c1-2-6-10-8-4-5-9-11(10,12-10)7-3-1/h4-5,8-9H,1-3,6-7H2. The Morgan fingerprint density at radius 1 is 0.833 bits per heavy atom. The number of epoxide rings is 1. The quantitative estimate of drug-likeness (QED) is 0.499. The molecule has 1 heteroatoms. The Labute approximate surface area is 73.1 Å². The van der Waals surface area contributed by atoms with Crippen LogP contribution in [0, 0.1) is 0 Å². The topological polar surface area (TPSA) is 12.5 Å². The molecule has 2 fully saturated rings. The van der Waals surface area contributed by atoms with E-state index in [2.05, 4.69) is 24.3 Å². The minimum Gasteiger partial charge on any atom is -0.354 e. The summed E-state index contributed by atoms with van der Waals surface area (Å²) in [5, 5.41) is 0. The molecule has 0 aromatic rings. The SMILES string of the molecule is C1=CC23CCCCCC2(C=C1)O3. The van der Waals surface area contributed by atoms with Gasteiger partial charge in [-0.2, -0.15) is 0 Å². The van der Waals surface area contributed by atoms with E-state index in [0.717, 1.165) is 0 Å². The third-order valence-corrected chi connectivity index (χ3v) is 3.48. The summed E-state index contributed by atoms with van der Waals surface area (Å²) in [6.45, 7) is 0. The van der Waals surface area contributed by atoms with Gasteiger partial charge in [0.15, 0.2) is 0 Å². The Balaban J connectivity index is 1.98. The van der Waals surface area contributed by atoms with E-state index >= 15 is 0 Å². The maximum Gasteiger partial charge on any atom is 0.120 e. The van der Waals surface area contributed by atoms with Crippen LogP contribution in [-0.2, 0) is 4.74 Å². The van der Waals surface area contributed by atoms with Gasteiger partial charge in [-0.3, -0.25) is 0 Å². The second kappa shape index (κ2) is 2.02. The van der Waals surface area contributed by atoms with Gasteiger partial charge >= 0.3 is 0 Å². The van der Waals surface area contributed by atoms with Crippen LogP contribution in [0.3, 0.4) is 0 Å². The van der Waals surface area contributed by atoms with Crippen molar-refractivity contribution in [3.8, 4) is 0 Å². The van der Waals surface area contributed by atoms with Crippen molar-refractivity contribution in [3.05, 3.63) is 24.3 Å². The van der Waals surface area contributed by atoms with Gasteiger partial charge in [0.1, 0.15) is 11.2 Å². The Hall–Kier alpha value is -0.560. The number of hydrogen-bond donors (Lipinski definition) is 0. The van der Waals surface area contributed by atoms with Gasteiger partial charge in [-0.15, -0.1) is 0 Å². The third kappa shape index (κ3) is 0.680. The third-order valence-electron chi connectivity index (χ3n) is 3.48. The van der Waals surface area contributed by atoms with Crippen LogP contribution in [0.15, 0.2) is 24.3 Å². The molecule has 0 N–H and O–H groups in total. The smallest absolute Gasteiger partial charge is 0.120 e. The predicted octanol–water partition coefficient (Wildman–Crippen LogP) is 2.58. The maximum absolute atomic E-state index is 5.92. The monoisotopic (exact) mass is 162 g/mol. The molecule has 1 saturated heterocycles. The van der Waals surface area contributed by atoms with E-state index in [1.54, 1.807) is 0 Å². The largest absolute Gasteiger partial charge is 0.354 e. The minimum absolute atomic E-state index is 0.137. The molecule has 2 unspecified atom stereocenters. The molecule has 2 atom stereocenters. The van der Waals surface area contributed by atoms with E-state index in [1.165, 1.54) is 32.1 Å². The van der Waals surface area contributed by atoms with Gasteiger partial charge in [0.2, 0.25) is 0 Å². The Kier molecular flexibility index (Phi) is 1.16. The van der Waals surface area contributed by atoms with Crippen molar-refractivity contribution < 1.29 is 4.74 Å². The second-order valence-electron chi connectivity index (χ2n) is 4.16. The molecule has 0 aromatic heterocycles. The van der Waals surface area contributed by atoms with Crippen LogP contribution in [0.25, 0.3) is 0 Å². The number of allylic oxidation sites excluding steroid dienone is 2. The summed E-state index contributed by atoms with van der Waals surface area (Å²) in [6, 6.07) is 0. The number of rotatable bonds is 0. The van der Waals surface area contributed by atoms with Crippen LogP contribution in [0.2, 0.25) is 0 Å². The zero-order valence-electron chi connectivity index (χ0n) is 7.25. The summed E-state index contributed by atoms with van der Waals surface area (Å²) < 4.78 is 5.92. The predicted molar refractivity (Wildman–Crippen MR) is 47.9 cm³/mol. The molecular formula is C11H14O. The fourth-order valence-electron chi connectivity index (χ4n) is 2.72. The highest BCUT2D eigenvalue weighted by Gasteiger charge is 2.66. The molecule has 1 saturated carbocycles. The highest BCUT2D eigenvalue weighted by molar-refractivity contribution is 5.39. The molecule has 1 aliphatic heterocycles. The molecule has 0 spiro atoms. The first kappa shape index (κ1) is 6.90. The fraction of sp³-hybridized carbons (Fsp3) is 0.636. The van der Waals surface area contributed by atoms with Crippen molar-refractivity contribution in [2.45, 2.75) is 43.3 Å². The van der Waals surface area contributed by atoms with Crippen LogP contribution < -0.4 is 0 Å². The number of ether oxygens (including phenoxy) is 1. The molecule has 0 radical (unpaired) electrons. The highest BCUT2D eigenvalue weighted by atomic mass is 16.6. The first-order valence-electron chi connectivity index (χ1n) is 4.94. The average molecular weight is 162 g/mol. The van der Waals surface area contributed by atoms with Crippen molar-refractivity contribution >= 4 is 0 Å². The van der Waals surface area contributed by atoms with Gasteiger partial charge in [-0.05, 0) is 25.0 Å². The normalized spacial score (nSPS) is 49.3. The summed E-state index contributed by atoms with van der Waals surface area (Å²) in [7, 11) is 0. The molecule has 1 heterocycles. The Morgan fingerprint density at radius 2 is 1.42 bits per heavy atom. The lowest BCUT2D eigenvalue weighted by Gasteiger charge is -2.12. The molecule has 0 amide bonds. The average Bonchev–Trinajstić information content (AvgIpc) is 2.73. The van der Waals surface area contributed by atoms with Crippen molar-refractivity contribution in [1.29, 1.82) is 0 Å². The van der Waals surface area contributed by atoms with Gasteiger partial charge in [-0.1, -0.05) is 31.4 Å². The van der Waals surface area contributed by atoms with E-state index in [-0.39, 0.29) is 11.2 Å². The van der Waals surface area contributed by atoms with Crippen molar-refractivity contribution in [1.82, 2.24) is 0 Å². The minimum atomic E-state index is 0.137. The van der Waals surface area contributed by atoms with Crippen LogP contribution in [0.1, 0.15) is 32.1 Å². The molecule has 1 nitrogen and oxygen atoms in total. The fourth-order valence-corrected chi connectivity index (χ4v) is 2.72. The van der Waals surface area contributed by atoms with Gasteiger partial charge in [-0.25, -0.2) is 0 Å². The molecule has 64 valence electrons. The van der Waals surface area contributed by atoms with Crippen molar-refractivity contribution in [2.75, 3.05) is 0 Å². The van der Waals surface area contributed by atoms with Crippen LogP contribution in [-0.4, -0.2) is 11.2 Å². The Bertz CT molecular complexity index is 240. The van der Waals surface area contributed by atoms with Crippen LogP contribution >= 0.6 is 0 Å². The summed E-state index contributed by atoms with van der Waals surface area (Å²) in [4.78, 5) is 0. The van der Waals surface area contributed by atoms with E-state index in [9.17, 15) is 0 Å². The molecule has 2 aliphatic carbocycles.